The van der Waals surface area contributed by atoms with Crippen molar-refractivity contribution >= 4 is 11.6 Å². The van der Waals surface area contributed by atoms with Gasteiger partial charge < -0.3 is 14.9 Å². The minimum absolute atomic E-state index is 0.0487. The zero-order valence-corrected chi connectivity index (χ0v) is 9.44. The second-order valence-electron chi connectivity index (χ2n) is 3.49. The van der Waals surface area contributed by atoms with Crippen LogP contribution in [0.3, 0.4) is 0 Å². The molecule has 2 aromatic rings. The van der Waals surface area contributed by atoms with E-state index in [9.17, 15) is 20.0 Å². The summed E-state index contributed by atoms with van der Waals surface area (Å²) in [6.45, 7) is 0.0487. The molecule has 98 valence electrons. The maximum Gasteiger partial charge on any atom is 0.310 e. The molecule has 0 aliphatic rings. The Morgan fingerprint density at radius 3 is 2.89 bits per heavy atom. The fourth-order valence-corrected chi connectivity index (χ4v) is 1.35. The first-order chi connectivity index (χ1) is 9.08. The number of nitrogens with zero attached hydrogens (tertiary/aromatic N) is 3. The smallest absolute Gasteiger partial charge is 0.310 e. The summed E-state index contributed by atoms with van der Waals surface area (Å²) in [5.41, 5.74) is -0.374. The van der Waals surface area contributed by atoms with Crippen molar-refractivity contribution in [2.45, 2.75) is 6.54 Å². The maximum absolute atomic E-state index is 11.7. The molecule has 0 fully saturated rings. The molecule has 0 atom stereocenters. The third-order valence-electron chi connectivity index (χ3n) is 2.25. The fourth-order valence-electron chi connectivity index (χ4n) is 1.35. The summed E-state index contributed by atoms with van der Waals surface area (Å²) in [7, 11) is 0. The molecule has 0 aliphatic carbocycles. The standard InChI is InChI=1S/C10H8N4O5/c15-8-3-6(1-2-7(8)14(17)18)10(16)11-4-9-12-5-19-13-9/h1-3,5,15H,4H2,(H,11,16). The van der Waals surface area contributed by atoms with Gasteiger partial charge in [-0.05, 0) is 12.1 Å². The summed E-state index contributed by atoms with van der Waals surface area (Å²) in [6, 6.07) is 3.31. The average Bonchev–Trinajstić information content (AvgIpc) is 2.88. The lowest BCUT2D eigenvalue weighted by Crippen LogP contribution is -2.23. The van der Waals surface area contributed by atoms with Crippen LogP contribution in [0.5, 0.6) is 5.75 Å². The quantitative estimate of drug-likeness (QED) is 0.610. The molecular weight excluding hydrogens is 256 g/mol. The number of hydrogen-bond donors (Lipinski definition) is 2. The van der Waals surface area contributed by atoms with E-state index < -0.39 is 22.3 Å². The van der Waals surface area contributed by atoms with E-state index in [2.05, 4.69) is 20.0 Å². The van der Waals surface area contributed by atoms with Crippen LogP contribution >= 0.6 is 0 Å². The van der Waals surface area contributed by atoms with Gasteiger partial charge in [-0.2, -0.15) is 4.98 Å². The van der Waals surface area contributed by atoms with Gasteiger partial charge in [-0.3, -0.25) is 14.9 Å². The zero-order chi connectivity index (χ0) is 13.8. The van der Waals surface area contributed by atoms with Crippen molar-refractivity contribution in [3.8, 4) is 5.75 Å². The minimum Gasteiger partial charge on any atom is -0.502 e. The summed E-state index contributed by atoms with van der Waals surface area (Å²) < 4.78 is 4.49. The summed E-state index contributed by atoms with van der Waals surface area (Å²) in [5.74, 6) is -0.799. The molecule has 0 spiro atoms. The maximum atomic E-state index is 11.7. The highest BCUT2D eigenvalue weighted by molar-refractivity contribution is 5.94. The summed E-state index contributed by atoms with van der Waals surface area (Å²) >= 11 is 0. The lowest BCUT2D eigenvalue weighted by molar-refractivity contribution is -0.385. The van der Waals surface area contributed by atoms with Crippen LogP contribution in [0.2, 0.25) is 0 Å². The van der Waals surface area contributed by atoms with E-state index in [1.54, 1.807) is 0 Å². The molecule has 2 rings (SSSR count). The van der Waals surface area contributed by atoms with E-state index in [0.29, 0.717) is 5.82 Å². The number of hydrogen-bond acceptors (Lipinski definition) is 7. The number of aromatic hydroxyl groups is 1. The van der Waals surface area contributed by atoms with E-state index in [-0.39, 0.29) is 12.1 Å². The van der Waals surface area contributed by atoms with E-state index in [4.69, 9.17) is 0 Å². The van der Waals surface area contributed by atoms with E-state index in [0.717, 1.165) is 18.5 Å². The van der Waals surface area contributed by atoms with Crippen LogP contribution in [-0.2, 0) is 6.54 Å². The van der Waals surface area contributed by atoms with Gasteiger partial charge in [-0.1, -0.05) is 5.16 Å². The molecule has 0 saturated carbocycles. The second-order valence-corrected chi connectivity index (χ2v) is 3.49. The van der Waals surface area contributed by atoms with Crippen LogP contribution in [0, 0.1) is 10.1 Å². The highest BCUT2D eigenvalue weighted by Crippen LogP contribution is 2.26. The zero-order valence-electron chi connectivity index (χ0n) is 9.44. The molecule has 1 heterocycles. The van der Waals surface area contributed by atoms with Crippen LogP contribution in [0.4, 0.5) is 5.69 Å². The van der Waals surface area contributed by atoms with Gasteiger partial charge in [0.25, 0.3) is 5.91 Å². The van der Waals surface area contributed by atoms with Gasteiger partial charge in [0.1, 0.15) is 0 Å². The van der Waals surface area contributed by atoms with Crippen molar-refractivity contribution in [3.05, 3.63) is 46.1 Å². The molecule has 0 bridgehead atoms. The largest absolute Gasteiger partial charge is 0.502 e. The highest BCUT2D eigenvalue weighted by atomic mass is 16.6. The number of nitro groups is 1. The first kappa shape index (κ1) is 12.5. The number of carbonyl (C=O) groups excluding carboxylic acids is 1. The summed E-state index contributed by atoms with van der Waals surface area (Å²) in [4.78, 5) is 25.2. The van der Waals surface area contributed by atoms with Crippen LogP contribution in [-0.4, -0.2) is 26.1 Å². The number of phenolic OH excluding ortho intramolecular Hbond substituents is 1. The Balaban J connectivity index is 2.07. The Morgan fingerprint density at radius 1 is 1.53 bits per heavy atom. The van der Waals surface area contributed by atoms with Gasteiger partial charge >= 0.3 is 5.69 Å². The molecular formula is C10H8N4O5. The third-order valence-corrected chi connectivity index (χ3v) is 2.25. The summed E-state index contributed by atoms with van der Waals surface area (Å²) in [5, 5.41) is 25.9. The van der Waals surface area contributed by atoms with Gasteiger partial charge in [0.2, 0.25) is 6.39 Å². The Bertz CT molecular complexity index is 610. The highest BCUT2D eigenvalue weighted by Gasteiger charge is 2.16. The normalized spacial score (nSPS) is 10.1. The molecule has 19 heavy (non-hydrogen) atoms. The number of rotatable bonds is 4. The Hall–Kier alpha value is -2.97. The van der Waals surface area contributed by atoms with Crippen LogP contribution in [0.1, 0.15) is 16.2 Å². The second kappa shape index (κ2) is 5.12. The van der Waals surface area contributed by atoms with Crippen molar-refractivity contribution in [2.24, 2.45) is 0 Å². The first-order valence-electron chi connectivity index (χ1n) is 5.09. The topological polar surface area (TPSA) is 131 Å². The number of amides is 1. The van der Waals surface area contributed by atoms with Crippen molar-refractivity contribution in [1.29, 1.82) is 0 Å². The van der Waals surface area contributed by atoms with Crippen LogP contribution < -0.4 is 5.32 Å². The first-order valence-corrected chi connectivity index (χ1v) is 5.09. The van der Waals surface area contributed by atoms with Crippen molar-refractivity contribution < 1.29 is 19.3 Å². The van der Waals surface area contributed by atoms with E-state index in [1.807, 2.05) is 0 Å². The molecule has 1 amide bonds. The Morgan fingerprint density at radius 2 is 2.32 bits per heavy atom. The fraction of sp³-hybridized carbons (Fsp3) is 0.100. The van der Waals surface area contributed by atoms with Crippen molar-refractivity contribution in [3.63, 3.8) is 0 Å². The molecule has 0 aliphatic heterocycles. The molecule has 2 N–H and O–H groups in total. The number of nitro benzene ring substituents is 1. The lowest BCUT2D eigenvalue weighted by atomic mass is 10.2. The Kier molecular flexibility index (Phi) is 3.37. The molecule has 9 heteroatoms. The van der Waals surface area contributed by atoms with Crippen LogP contribution in [0.25, 0.3) is 0 Å². The van der Waals surface area contributed by atoms with Gasteiger partial charge in [-0.25, -0.2) is 0 Å². The predicted molar refractivity (Wildman–Crippen MR) is 60.2 cm³/mol. The third kappa shape index (κ3) is 2.83. The molecule has 0 saturated heterocycles. The Labute approximate surface area is 106 Å². The van der Waals surface area contributed by atoms with Gasteiger partial charge in [0.05, 0.1) is 11.5 Å². The molecule has 1 aromatic carbocycles. The number of nitrogens with one attached hydrogen (secondary N) is 1. The van der Waals surface area contributed by atoms with Crippen molar-refractivity contribution in [1.82, 2.24) is 15.5 Å². The SMILES string of the molecule is O=C(NCc1ncon1)c1ccc([N+](=O)[O-])c(O)c1. The number of benzene rings is 1. The van der Waals surface area contributed by atoms with Gasteiger partial charge in [0.15, 0.2) is 11.6 Å². The lowest BCUT2D eigenvalue weighted by Gasteiger charge is -2.03. The molecule has 9 nitrogen and oxygen atoms in total. The minimum atomic E-state index is -0.740. The van der Waals surface area contributed by atoms with Crippen LogP contribution in [0.15, 0.2) is 29.1 Å². The van der Waals surface area contributed by atoms with E-state index >= 15 is 0 Å². The predicted octanol–water partition coefficient (Wildman–Crippen LogP) is 0.613. The van der Waals surface area contributed by atoms with Crippen molar-refractivity contribution in [2.75, 3.05) is 0 Å². The molecule has 0 radical (unpaired) electrons. The monoisotopic (exact) mass is 264 g/mol. The van der Waals surface area contributed by atoms with E-state index in [1.165, 1.54) is 6.07 Å². The molecule has 1 aromatic heterocycles. The summed E-state index contributed by atoms with van der Waals surface area (Å²) in [6.07, 6.45) is 1.12. The number of phenols is 1. The number of carbonyl (C=O) groups is 1. The average molecular weight is 264 g/mol. The van der Waals surface area contributed by atoms with Gasteiger partial charge in [0, 0.05) is 11.6 Å². The number of aromatic nitrogens is 2. The molecule has 0 unspecified atom stereocenters. The van der Waals surface area contributed by atoms with Gasteiger partial charge in [-0.15, -0.1) is 0 Å².